The maximum absolute atomic E-state index is 13.2. The molecule has 1 N–H and O–H groups in total. The van der Waals surface area contributed by atoms with Gasteiger partial charge in [-0.25, -0.2) is 4.79 Å². The summed E-state index contributed by atoms with van der Waals surface area (Å²) in [5.41, 5.74) is 2.20. The largest absolute Gasteiger partial charge is 0.325 e. The number of thioether (sulfide) groups is 1. The van der Waals surface area contributed by atoms with Crippen LogP contribution in [0.2, 0.25) is 0 Å². The molecule has 4 rings (SSSR count). The average Bonchev–Trinajstić information content (AvgIpc) is 2.88. The number of urea groups is 1. The molecule has 25 heavy (non-hydrogen) atoms. The molecule has 2 aromatic rings. The second-order valence-corrected chi connectivity index (χ2v) is 7.47. The fraction of sp³-hybridized carbons (Fsp3) is 0.300. The lowest BCUT2D eigenvalue weighted by molar-refractivity contribution is -0.132. The standard InChI is InChI=1S/C20H20N2O2S/c1-25-16-10-8-14(9-11-16)13-22-18(23)20(21-19(22)24)12-4-6-15-5-2-3-7-17(15)20/h2-3,5,7-11H,4,6,12-13H2,1H3,(H,21,24)/t20-/m1/s1. The van der Waals surface area contributed by atoms with Crippen LogP contribution in [0.3, 0.4) is 0 Å². The number of carbonyl (C=O) groups excluding carboxylic acids is 2. The third kappa shape index (κ3) is 2.63. The van der Waals surface area contributed by atoms with Crippen LogP contribution in [0, 0.1) is 0 Å². The number of hydrogen-bond donors (Lipinski definition) is 1. The van der Waals surface area contributed by atoms with Crippen molar-refractivity contribution in [3.63, 3.8) is 0 Å². The Hall–Kier alpha value is -2.27. The number of fused-ring (bicyclic) bond motifs is 2. The van der Waals surface area contributed by atoms with Gasteiger partial charge in [-0.3, -0.25) is 9.69 Å². The van der Waals surface area contributed by atoms with Crippen LogP contribution in [0.4, 0.5) is 4.79 Å². The molecular formula is C20H20N2O2S. The zero-order chi connectivity index (χ0) is 17.4. The molecule has 3 amide bonds. The SMILES string of the molecule is CSc1ccc(CN2C(=O)N[C@@]3(CCCc4ccccc43)C2=O)cc1. The minimum Gasteiger partial charge on any atom is -0.319 e. The van der Waals surface area contributed by atoms with Crippen LogP contribution in [0.25, 0.3) is 0 Å². The molecule has 0 aromatic heterocycles. The van der Waals surface area contributed by atoms with Gasteiger partial charge in [0, 0.05) is 4.90 Å². The summed E-state index contributed by atoms with van der Waals surface area (Å²) in [7, 11) is 0. The van der Waals surface area contributed by atoms with Gasteiger partial charge in [0.15, 0.2) is 0 Å². The Labute approximate surface area is 151 Å². The summed E-state index contributed by atoms with van der Waals surface area (Å²) < 4.78 is 0. The number of aryl methyl sites for hydroxylation is 1. The van der Waals surface area contributed by atoms with Crippen LogP contribution < -0.4 is 5.32 Å². The van der Waals surface area contributed by atoms with Crippen molar-refractivity contribution in [2.24, 2.45) is 0 Å². The average molecular weight is 352 g/mol. The van der Waals surface area contributed by atoms with Crippen LogP contribution in [0.15, 0.2) is 53.4 Å². The van der Waals surface area contributed by atoms with E-state index in [-0.39, 0.29) is 11.9 Å². The molecular weight excluding hydrogens is 332 g/mol. The molecule has 0 unspecified atom stereocenters. The molecule has 1 aliphatic carbocycles. The number of nitrogens with one attached hydrogen (secondary N) is 1. The molecule has 2 aliphatic rings. The second kappa shape index (κ2) is 6.23. The molecule has 0 saturated carbocycles. The highest BCUT2D eigenvalue weighted by molar-refractivity contribution is 7.98. The monoisotopic (exact) mass is 352 g/mol. The summed E-state index contributed by atoms with van der Waals surface area (Å²) in [4.78, 5) is 28.3. The van der Waals surface area contributed by atoms with Gasteiger partial charge < -0.3 is 5.32 Å². The fourth-order valence-corrected chi connectivity index (χ4v) is 4.28. The predicted molar refractivity (Wildman–Crippen MR) is 98.4 cm³/mol. The van der Waals surface area contributed by atoms with E-state index in [9.17, 15) is 9.59 Å². The summed E-state index contributed by atoms with van der Waals surface area (Å²) in [5.74, 6) is -0.126. The highest BCUT2D eigenvalue weighted by atomic mass is 32.2. The molecule has 0 radical (unpaired) electrons. The summed E-state index contributed by atoms with van der Waals surface area (Å²) in [6.45, 7) is 0.309. The van der Waals surface area contributed by atoms with E-state index < -0.39 is 5.54 Å². The van der Waals surface area contributed by atoms with Crippen LogP contribution >= 0.6 is 11.8 Å². The number of rotatable bonds is 3. The first-order valence-electron chi connectivity index (χ1n) is 8.49. The Morgan fingerprint density at radius 3 is 2.64 bits per heavy atom. The maximum atomic E-state index is 13.2. The highest BCUT2D eigenvalue weighted by Gasteiger charge is 2.53. The zero-order valence-corrected chi connectivity index (χ0v) is 14.9. The van der Waals surface area contributed by atoms with Crippen molar-refractivity contribution < 1.29 is 9.59 Å². The topological polar surface area (TPSA) is 49.4 Å². The van der Waals surface area contributed by atoms with E-state index in [2.05, 4.69) is 11.4 Å². The van der Waals surface area contributed by atoms with E-state index in [0.29, 0.717) is 13.0 Å². The van der Waals surface area contributed by atoms with Crippen molar-refractivity contribution in [3.05, 3.63) is 65.2 Å². The third-order valence-corrected chi connectivity index (χ3v) is 5.89. The lowest BCUT2D eigenvalue weighted by Crippen LogP contribution is -2.46. The lowest BCUT2D eigenvalue weighted by atomic mass is 9.76. The normalized spacial score (nSPS) is 22.2. The van der Waals surface area contributed by atoms with Gasteiger partial charge in [-0.05, 0) is 54.3 Å². The molecule has 2 aromatic carbocycles. The molecule has 128 valence electrons. The van der Waals surface area contributed by atoms with E-state index in [4.69, 9.17) is 0 Å². The minimum absolute atomic E-state index is 0.126. The van der Waals surface area contributed by atoms with Gasteiger partial charge in [0.25, 0.3) is 5.91 Å². The van der Waals surface area contributed by atoms with Crippen molar-refractivity contribution in [2.45, 2.75) is 36.2 Å². The maximum Gasteiger partial charge on any atom is 0.325 e. The smallest absolute Gasteiger partial charge is 0.319 e. The summed E-state index contributed by atoms with van der Waals surface area (Å²) in [6.07, 6.45) is 4.55. The number of carbonyl (C=O) groups is 2. The molecule has 1 fully saturated rings. The first-order chi connectivity index (χ1) is 12.1. The molecule has 1 atom stereocenters. The quantitative estimate of drug-likeness (QED) is 0.677. The molecule has 1 saturated heterocycles. The van der Waals surface area contributed by atoms with Crippen molar-refractivity contribution in [2.75, 3.05) is 6.26 Å². The van der Waals surface area contributed by atoms with Crippen LogP contribution in [-0.4, -0.2) is 23.1 Å². The van der Waals surface area contributed by atoms with E-state index in [0.717, 1.165) is 29.5 Å². The first-order valence-corrected chi connectivity index (χ1v) is 9.72. The van der Waals surface area contributed by atoms with Gasteiger partial charge >= 0.3 is 6.03 Å². The van der Waals surface area contributed by atoms with Crippen molar-refractivity contribution in [1.82, 2.24) is 10.2 Å². The lowest BCUT2D eigenvalue weighted by Gasteiger charge is -2.33. The van der Waals surface area contributed by atoms with E-state index >= 15 is 0 Å². The predicted octanol–water partition coefficient (Wildman–Crippen LogP) is 3.69. The van der Waals surface area contributed by atoms with E-state index in [1.807, 2.05) is 48.7 Å². The second-order valence-electron chi connectivity index (χ2n) is 6.59. The Morgan fingerprint density at radius 1 is 1.12 bits per heavy atom. The fourth-order valence-electron chi connectivity index (χ4n) is 3.87. The van der Waals surface area contributed by atoms with Gasteiger partial charge in [-0.2, -0.15) is 0 Å². The Kier molecular flexibility index (Phi) is 4.04. The molecule has 4 nitrogen and oxygen atoms in total. The van der Waals surface area contributed by atoms with E-state index in [1.165, 1.54) is 9.80 Å². The number of nitrogens with zero attached hydrogens (tertiary/aromatic N) is 1. The van der Waals surface area contributed by atoms with Crippen molar-refractivity contribution >= 4 is 23.7 Å². The van der Waals surface area contributed by atoms with Crippen molar-refractivity contribution in [3.8, 4) is 0 Å². The minimum atomic E-state index is -0.884. The molecule has 0 bridgehead atoms. The number of imide groups is 1. The highest BCUT2D eigenvalue weighted by Crippen LogP contribution is 2.40. The van der Waals surface area contributed by atoms with Gasteiger partial charge in [0.05, 0.1) is 6.54 Å². The molecule has 5 heteroatoms. The van der Waals surface area contributed by atoms with E-state index in [1.54, 1.807) is 11.8 Å². The van der Waals surface area contributed by atoms with Gasteiger partial charge in [0.2, 0.25) is 0 Å². The number of hydrogen-bond acceptors (Lipinski definition) is 3. The van der Waals surface area contributed by atoms with Crippen molar-refractivity contribution in [1.29, 1.82) is 0 Å². The summed E-state index contributed by atoms with van der Waals surface area (Å²) >= 11 is 1.67. The van der Waals surface area contributed by atoms with Gasteiger partial charge in [-0.15, -0.1) is 11.8 Å². The van der Waals surface area contributed by atoms with Gasteiger partial charge in [0.1, 0.15) is 5.54 Å². The Balaban J connectivity index is 1.65. The Bertz CT molecular complexity index is 834. The third-order valence-electron chi connectivity index (χ3n) is 5.15. The number of amides is 3. The summed E-state index contributed by atoms with van der Waals surface area (Å²) in [5, 5.41) is 3.00. The van der Waals surface area contributed by atoms with Crippen LogP contribution in [-0.2, 0) is 23.3 Å². The molecule has 1 spiro atoms. The molecule has 1 heterocycles. The zero-order valence-electron chi connectivity index (χ0n) is 14.1. The first kappa shape index (κ1) is 16.2. The number of benzene rings is 2. The van der Waals surface area contributed by atoms with Gasteiger partial charge in [-0.1, -0.05) is 36.4 Å². The Morgan fingerprint density at radius 2 is 1.88 bits per heavy atom. The summed E-state index contributed by atoms with van der Waals surface area (Å²) in [6, 6.07) is 15.7. The van der Waals surface area contributed by atoms with Crippen LogP contribution in [0.1, 0.15) is 29.5 Å². The van der Waals surface area contributed by atoms with Crippen LogP contribution in [0.5, 0.6) is 0 Å². The molecule has 1 aliphatic heterocycles.